The first-order valence-corrected chi connectivity index (χ1v) is 13.3. The van der Waals surface area contributed by atoms with Crippen molar-refractivity contribution in [2.45, 2.75) is 88.0 Å². The van der Waals surface area contributed by atoms with Crippen LogP contribution in [0.3, 0.4) is 0 Å². The highest BCUT2D eigenvalue weighted by Crippen LogP contribution is 2.48. The molecule has 3 heterocycles. The summed E-state index contributed by atoms with van der Waals surface area (Å²) in [6, 6.07) is 17.7. The van der Waals surface area contributed by atoms with Gasteiger partial charge in [-0.1, -0.05) is 42.5 Å². The Bertz CT molecular complexity index is 1080. The zero-order chi connectivity index (χ0) is 26.8. The summed E-state index contributed by atoms with van der Waals surface area (Å²) in [5.74, 6) is 0.528. The van der Waals surface area contributed by atoms with Crippen molar-refractivity contribution in [2.24, 2.45) is 0 Å². The van der Waals surface area contributed by atoms with Crippen molar-refractivity contribution < 1.29 is 38.0 Å². The molecule has 38 heavy (non-hydrogen) atoms. The summed E-state index contributed by atoms with van der Waals surface area (Å²) >= 11 is 0. The van der Waals surface area contributed by atoms with Crippen LogP contribution in [0.2, 0.25) is 0 Å². The second kappa shape index (κ2) is 11.3. The van der Waals surface area contributed by atoms with E-state index in [4.69, 9.17) is 33.2 Å². The summed E-state index contributed by atoms with van der Waals surface area (Å²) in [5.41, 5.74) is 0.728. The van der Waals surface area contributed by atoms with E-state index in [1.54, 1.807) is 7.11 Å². The van der Waals surface area contributed by atoms with Gasteiger partial charge < -0.3 is 33.2 Å². The minimum absolute atomic E-state index is 0.159. The fourth-order valence-electron chi connectivity index (χ4n) is 5.72. The molecule has 0 spiro atoms. The number of hydrogen-bond acceptors (Lipinski definition) is 8. The van der Waals surface area contributed by atoms with Crippen LogP contribution < -0.4 is 4.74 Å². The second-order valence-corrected chi connectivity index (χ2v) is 10.8. The summed E-state index contributed by atoms with van der Waals surface area (Å²) in [4.78, 5) is 12.1. The summed E-state index contributed by atoms with van der Waals surface area (Å²) in [6.45, 7) is 4.96. The van der Waals surface area contributed by atoms with E-state index in [1.807, 2.05) is 61.5 Å². The predicted molar refractivity (Wildman–Crippen MR) is 139 cm³/mol. The Morgan fingerprint density at radius 3 is 2.47 bits per heavy atom. The Balaban J connectivity index is 1.31. The number of rotatable bonds is 8. The molecule has 0 aliphatic carbocycles. The fraction of sp³-hybridized carbons (Fsp3) is 0.567. The molecule has 0 saturated carbocycles. The van der Waals surface area contributed by atoms with Crippen molar-refractivity contribution in [1.82, 2.24) is 0 Å². The molecule has 0 N–H and O–H groups in total. The number of ether oxygens (including phenoxy) is 7. The van der Waals surface area contributed by atoms with Gasteiger partial charge >= 0.3 is 5.97 Å². The number of methoxy groups -OCH3 is 2. The standard InChI is InChI=1S/C30H38O8/c1-29(15-14-27(31)33-4)26(34-18-20-10-12-22(32-3)13-11-20)17-30(2)25(38-29)16-23-24(37-30)19-35-28(36-23)21-8-6-5-7-9-21/h5-13,23-26,28H,14-19H2,1-4H3/t23-,24+,25+,26+,28?,29-,30-/m0/s1. The number of carbonyl (C=O) groups is 1. The summed E-state index contributed by atoms with van der Waals surface area (Å²) in [5, 5.41) is 0. The summed E-state index contributed by atoms with van der Waals surface area (Å²) in [6.07, 6.45) is 0.715. The molecule has 2 aromatic rings. The van der Waals surface area contributed by atoms with Crippen LogP contribution in [-0.4, -0.2) is 62.4 Å². The van der Waals surface area contributed by atoms with E-state index in [0.29, 0.717) is 32.5 Å². The van der Waals surface area contributed by atoms with Crippen LogP contribution in [0.5, 0.6) is 5.75 Å². The maximum Gasteiger partial charge on any atom is 0.305 e. The summed E-state index contributed by atoms with van der Waals surface area (Å²) < 4.78 is 42.5. The third-order valence-electron chi connectivity index (χ3n) is 8.09. The number of esters is 1. The van der Waals surface area contributed by atoms with E-state index in [2.05, 4.69) is 6.92 Å². The van der Waals surface area contributed by atoms with Crippen molar-refractivity contribution in [3.63, 3.8) is 0 Å². The van der Waals surface area contributed by atoms with Crippen molar-refractivity contribution in [1.29, 1.82) is 0 Å². The molecule has 0 radical (unpaired) electrons. The largest absolute Gasteiger partial charge is 0.497 e. The molecule has 3 aliphatic rings. The topological polar surface area (TPSA) is 81.7 Å². The van der Waals surface area contributed by atoms with Crippen molar-refractivity contribution >= 4 is 5.97 Å². The van der Waals surface area contributed by atoms with E-state index in [0.717, 1.165) is 16.9 Å². The van der Waals surface area contributed by atoms with E-state index < -0.39 is 17.5 Å². The molecule has 7 atom stereocenters. The number of benzene rings is 2. The van der Waals surface area contributed by atoms with Crippen LogP contribution in [0.25, 0.3) is 0 Å². The third kappa shape index (κ3) is 5.75. The minimum Gasteiger partial charge on any atom is -0.497 e. The van der Waals surface area contributed by atoms with Gasteiger partial charge in [-0.15, -0.1) is 0 Å². The van der Waals surface area contributed by atoms with Gasteiger partial charge in [0, 0.05) is 24.8 Å². The predicted octanol–water partition coefficient (Wildman–Crippen LogP) is 4.74. The van der Waals surface area contributed by atoms with Crippen LogP contribution in [0, 0.1) is 0 Å². The van der Waals surface area contributed by atoms with Gasteiger partial charge in [-0.2, -0.15) is 0 Å². The van der Waals surface area contributed by atoms with Crippen LogP contribution in [0.4, 0.5) is 0 Å². The number of fused-ring (bicyclic) bond motifs is 2. The lowest BCUT2D eigenvalue weighted by Crippen LogP contribution is -2.67. The Morgan fingerprint density at radius 1 is 1.00 bits per heavy atom. The third-order valence-corrected chi connectivity index (χ3v) is 8.09. The van der Waals surface area contributed by atoms with Gasteiger partial charge in [0.15, 0.2) is 6.29 Å². The van der Waals surface area contributed by atoms with Gasteiger partial charge in [0.1, 0.15) is 11.9 Å². The highest BCUT2D eigenvalue weighted by Gasteiger charge is 2.58. The lowest BCUT2D eigenvalue weighted by molar-refractivity contribution is -0.360. The first kappa shape index (κ1) is 27.1. The summed E-state index contributed by atoms with van der Waals surface area (Å²) in [7, 11) is 3.05. The van der Waals surface area contributed by atoms with Crippen molar-refractivity contribution in [3.8, 4) is 5.75 Å². The van der Waals surface area contributed by atoms with E-state index in [1.165, 1.54) is 7.11 Å². The van der Waals surface area contributed by atoms with Crippen molar-refractivity contribution in [2.75, 3.05) is 20.8 Å². The molecule has 0 aromatic heterocycles. The Morgan fingerprint density at radius 2 is 1.76 bits per heavy atom. The Hall–Kier alpha value is -2.49. The second-order valence-electron chi connectivity index (χ2n) is 10.8. The van der Waals surface area contributed by atoms with Gasteiger partial charge in [-0.05, 0) is 38.0 Å². The van der Waals surface area contributed by atoms with Crippen LogP contribution >= 0.6 is 0 Å². The molecule has 8 nitrogen and oxygen atoms in total. The van der Waals surface area contributed by atoms with Gasteiger partial charge in [0.25, 0.3) is 0 Å². The zero-order valence-electron chi connectivity index (χ0n) is 22.6. The molecule has 1 unspecified atom stereocenters. The maximum atomic E-state index is 12.1. The Kier molecular flexibility index (Phi) is 8.07. The average Bonchev–Trinajstić information content (AvgIpc) is 2.94. The molecule has 3 saturated heterocycles. The first-order chi connectivity index (χ1) is 18.3. The average molecular weight is 527 g/mol. The van der Waals surface area contributed by atoms with E-state index >= 15 is 0 Å². The molecule has 206 valence electrons. The fourth-order valence-corrected chi connectivity index (χ4v) is 5.72. The number of hydrogen-bond donors (Lipinski definition) is 0. The molecule has 0 bridgehead atoms. The smallest absolute Gasteiger partial charge is 0.305 e. The molecule has 2 aromatic carbocycles. The van der Waals surface area contributed by atoms with Crippen molar-refractivity contribution in [3.05, 3.63) is 65.7 Å². The normalized spacial score (nSPS) is 34.6. The highest BCUT2D eigenvalue weighted by atomic mass is 16.7. The van der Waals surface area contributed by atoms with Gasteiger partial charge in [-0.25, -0.2) is 0 Å². The van der Waals surface area contributed by atoms with Crippen LogP contribution in [0.15, 0.2) is 54.6 Å². The Labute approximate surface area is 224 Å². The molecular weight excluding hydrogens is 488 g/mol. The molecule has 8 heteroatoms. The van der Waals surface area contributed by atoms with E-state index in [9.17, 15) is 4.79 Å². The lowest BCUT2D eigenvalue weighted by Gasteiger charge is -2.58. The lowest BCUT2D eigenvalue weighted by atomic mass is 9.75. The van der Waals surface area contributed by atoms with E-state index in [-0.39, 0.29) is 36.8 Å². The maximum absolute atomic E-state index is 12.1. The van der Waals surface area contributed by atoms with Gasteiger partial charge in [0.2, 0.25) is 0 Å². The van der Waals surface area contributed by atoms with Gasteiger partial charge in [-0.3, -0.25) is 4.79 Å². The van der Waals surface area contributed by atoms with Crippen LogP contribution in [0.1, 0.15) is 56.9 Å². The number of carbonyl (C=O) groups excluding carboxylic acids is 1. The molecule has 5 rings (SSSR count). The molecule has 3 aliphatic heterocycles. The zero-order valence-corrected chi connectivity index (χ0v) is 22.6. The monoisotopic (exact) mass is 526 g/mol. The molecule has 3 fully saturated rings. The molecule has 0 amide bonds. The van der Waals surface area contributed by atoms with Gasteiger partial charge in [0.05, 0.1) is 56.9 Å². The SMILES string of the molecule is COC(=O)CC[C@]1(C)O[C@@H]2C[C@@H]3OC(c4ccccc4)OC[C@H]3O[C@@]2(C)C[C@H]1OCc1ccc(OC)cc1. The highest BCUT2D eigenvalue weighted by molar-refractivity contribution is 5.69. The minimum atomic E-state index is -0.703. The first-order valence-electron chi connectivity index (χ1n) is 13.3. The molecular formula is C30H38O8. The van der Waals surface area contributed by atoms with Crippen LogP contribution in [-0.2, 0) is 39.8 Å². The quantitative estimate of drug-likeness (QED) is 0.456.